The van der Waals surface area contributed by atoms with Crippen LogP contribution in [0.5, 0.6) is 0 Å². The van der Waals surface area contributed by atoms with Crippen molar-refractivity contribution in [1.82, 2.24) is 0 Å². The molecule has 0 unspecified atom stereocenters. The van der Waals surface area contributed by atoms with Gasteiger partial charge in [0.05, 0.1) is 23.8 Å². The zero-order chi connectivity index (χ0) is 12.0. The first-order valence-electron chi connectivity index (χ1n) is 5.06. The summed E-state index contributed by atoms with van der Waals surface area (Å²) in [6.07, 6.45) is 0. The van der Waals surface area contributed by atoms with Gasteiger partial charge >= 0.3 is 5.97 Å². The fraction of sp³-hybridized carbons (Fsp3) is 0.333. The van der Waals surface area contributed by atoms with Crippen molar-refractivity contribution in [2.45, 2.75) is 18.7 Å². The molecule has 4 heteroatoms. The van der Waals surface area contributed by atoms with Gasteiger partial charge in [-0.25, -0.2) is 4.79 Å². The Balaban J connectivity index is 3.04. The monoisotopic (exact) mass is 235 g/mol. The fourth-order valence-corrected chi connectivity index (χ4v) is 2.00. The molecular formula is C12H13NO2S. The van der Waals surface area contributed by atoms with Crippen molar-refractivity contribution >= 4 is 17.7 Å². The maximum absolute atomic E-state index is 11.5. The van der Waals surface area contributed by atoms with Crippen molar-refractivity contribution in [3.63, 3.8) is 0 Å². The molecule has 0 amide bonds. The van der Waals surface area contributed by atoms with Crippen molar-refractivity contribution < 1.29 is 9.53 Å². The van der Waals surface area contributed by atoms with Gasteiger partial charge in [0, 0.05) is 4.90 Å². The number of thioether (sulfide) groups is 1. The highest BCUT2D eigenvalue weighted by Gasteiger charge is 2.09. The van der Waals surface area contributed by atoms with Crippen LogP contribution in [0.25, 0.3) is 0 Å². The van der Waals surface area contributed by atoms with E-state index < -0.39 is 0 Å². The first-order valence-corrected chi connectivity index (χ1v) is 6.05. The summed E-state index contributed by atoms with van der Waals surface area (Å²) in [4.78, 5) is 12.4. The molecular weight excluding hydrogens is 222 g/mol. The molecule has 0 aliphatic carbocycles. The summed E-state index contributed by atoms with van der Waals surface area (Å²) >= 11 is 1.60. The molecule has 3 nitrogen and oxygen atoms in total. The molecule has 0 atom stereocenters. The predicted molar refractivity (Wildman–Crippen MR) is 63.5 cm³/mol. The Morgan fingerprint density at radius 1 is 1.44 bits per heavy atom. The number of hydrogen-bond donors (Lipinski definition) is 0. The van der Waals surface area contributed by atoms with Crippen molar-refractivity contribution in [3.8, 4) is 6.07 Å². The van der Waals surface area contributed by atoms with Crippen LogP contribution in [0.15, 0.2) is 23.1 Å². The number of esters is 1. The summed E-state index contributed by atoms with van der Waals surface area (Å²) in [5.74, 6) is 0.523. The average Bonchev–Trinajstić information content (AvgIpc) is 2.29. The fourth-order valence-electron chi connectivity index (χ4n) is 1.25. The second-order valence-corrected chi connectivity index (χ2v) is 4.35. The highest BCUT2D eigenvalue weighted by molar-refractivity contribution is 7.99. The summed E-state index contributed by atoms with van der Waals surface area (Å²) in [6.45, 7) is 4.12. The molecule has 0 N–H and O–H groups in total. The van der Waals surface area contributed by atoms with E-state index >= 15 is 0 Å². The van der Waals surface area contributed by atoms with Gasteiger partial charge in [-0.2, -0.15) is 5.26 Å². The van der Waals surface area contributed by atoms with E-state index in [0.29, 0.717) is 17.7 Å². The number of hydrogen-bond acceptors (Lipinski definition) is 4. The van der Waals surface area contributed by atoms with Crippen molar-refractivity contribution in [2.24, 2.45) is 0 Å². The number of nitrogens with zero attached hydrogens (tertiary/aromatic N) is 1. The van der Waals surface area contributed by atoms with Crippen LogP contribution in [-0.2, 0) is 4.74 Å². The molecule has 0 aromatic heterocycles. The van der Waals surface area contributed by atoms with Gasteiger partial charge in [0.1, 0.15) is 0 Å². The lowest BCUT2D eigenvalue weighted by Crippen LogP contribution is -2.05. The van der Waals surface area contributed by atoms with Gasteiger partial charge in [0.25, 0.3) is 0 Å². The molecule has 1 rings (SSSR count). The lowest BCUT2D eigenvalue weighted by molar-refractivity contribution is 0.0526. The lowest BCUT2D eigenvalue weighted by Gasteiger charge is -2.05. The SMILES string of the molecule is CCOC(=O)c1cc(C#N)cc(SCC)c1. The summed E-state index contributed by atoms with van der Waals surface area (Å²) < 4.78 is 4.90. The molecule has 0 saturated carbocycles. The number of ether oxygens (including phenoxy) is 1. The van der Waals surface area contributed by atoms with Gasteiger partial charge in [-0.15, -0.1) is 11.8 Å². The molecule has 0 heterocycles. The van der Waals surface area contributed by atoms with Crippen molar-refractivity contribution in [2.75, 3.05) is 12.4 Å². The largest absolute Gasteiger partial charge is 0.462 e. The van der Waals surface area contributed by atoms with Gasteiger partial charge in [0.15, 0.2) is 0 Å². The Hall–Kier alpha value is -1.47. The van der Waals surface area contributed by atoms with Gasteiger partial charge in [-0.05, 0) is 30.9 Å². The molecule has 1 aromatic carbocycles. The molecule has 0 aliphatic rings. The maximum Gasteiger partial charge on any atom is 0.338 e. The first-order chi connectivity index (χ1) is 7.71. The molecule has 0 fully saturated rings. The predicted octanol–water partition coefficient (Wildman–Crippen LogP) is 2.85. The average molecular weight is 235 g/mol. The minimum atomic E-state index is -0.377. The van der Waals surface area contributed by atoms with Crippen LogP contribution in [0, 0.1) is 11.3 Å². The van der Waals surface area contributed by atoms with Crippen molar-refractivity contribution in [1.29, 1.82) is 5.26 Å². The highest BCUT2D eigenvalue weighted by Crippen LogP contribution is 2.21. The Kier molecular flexibility index (Phi) is 4.87. The normalized spacial score (nSPS) is 9.56. The van der Waals surface area contributed by atoms with Crippen LogP contribution < -0.4 is 0 Å². The molecule has 0 radical (unpaired) electrons. The van der Waals surface area contributed by atoms with Gasteiger partial charge in [0.2, 0.25) is 0 Å². The van der Waals surface area contributed by atoms with E-state index in [-0.39, 0.29) is 5.97 Å². The summed E-state index contributed by atoms with van der Waals surface area (Å²) in [5, 5.41) is 8.86. The van der Waals surface area contributed by atoms with E-state index in [1.807, 2.05) is 13.0 Å². The molecule has 0 spiro atoms. The van der Waals surface area contributed by atoms with Crippen LogP contribution in [-0.4, -0.2) is 18.3 Å². The standard InChI is InChI=1S/C12H13NO2S/c1-3-15-12(14)10-5-9(8-13)6-11(7-10)16-4-2/h5-7H,3-4H2,1-2H3. The van der Waals surface area contributed by atoms with E-state index in [0.717, 1.165) is 10.6 Å². The summed E-state index contributed by atoms with van der Waals surface area (Å²) in [7, 11) is 0. The van der Waals surface area contributed by atoms with E-state index in [4.69, 9.17) is 10.00 Å². The van der Waals surface area contributed by atoms with E-state index in [2.05, 4.69) is 0 Å². The Morgan fingerprint density at radius 3 is 2.75 bits per heavy atom. The molecule has 0 saturated heterocycles. The second-order valence-electron chi connectivity index (χ2n) is 3.01. The van der Waals surface area contributed by atoms with Crippen LogP contribution in [0.2, 0.25) is 0 Å². The third-order valence-electron chi connectivity index (χ3n) is 1.86. The first kappa shape index (κ1) is 12.6. The molecule has 16 heavy (non-hydrogen) atoms. The Morgan fingerprint density at radius 2 is 2.19 bits per heavy atom. The molecule has 84 valence electrons. The van der Waals surface area contributed by atoms with E-state index in [9.17, 15) is 4.79 Å². The van der Waals surface area contributed by atoms with Gasteiger partial charge in [-0.1, -0.05) is 6.92 Å². The molecule has 0 aliphatic heterocycles. The number of benzene rings is 1. The number of rotatable bonds is 4. The third-order valence-corrected chi connectivity index (χ3v) is 2.72. The van der Waals surface area contributed by atoms with Crippen LogP contribution in [0.1, 0.15) is 29.8 Å². The minimum Gasteiger partial charge on any atom is -0.462 e. The quantitative estimate of drug-likeness (QED) is 0.594. The van der Waals surface area contributed by atoms with Crippen LogP contribution >= 0.6 is 11.8 Å². The zero-order valence-electron chi connectivity index (χ0n) is 9.32. The van der Waals surface area contributed by atoms with E-state index in [1.54, 1.807) is 36.9 Å². The minimum absolute atomic E-state index is 0.339. The number of carbonyl (C=O) groups is 1. The molecule has 0 bridgehead atoms. The number of nitriles is 1. The van der Waals surface area contributed by atoms with Crippen LogP contribution in [0.3, 0.4) is 0 Å². The van der Waals surface area contributed by atoms with Crippen LogP contribution in [0.4, 0.5) is 0 Å². The van der Waals surface area contributed by atoms with Gasteiger partial charge in [-0.3, -0.25) is 0 Å². The lowest BCUT2D eigenvalue weighted by atomic mass is 10.1. The Bertz CT molecular complexity index is 424. The smallest absolute Gasteiger partial charge is 0.338 e. The number of carbonyl (C=O) groups excluding carboxylic acids is 1. The summed E-state index contributed by atoms with van der Waals surface area (Å²) in [5.41, 5.74) is 0.929. The highest BCUT2D eigenvalue weighted by atomic mass is 32.2. The molecule has 1 aromatic rings. The van der Waals surface area contributed by atoms with Gasteiger partial charge < -0.3 is 4.74 Å². The summed E-state index contributed by atoms with van der Waals surface area (Å²) in [6, 6.07) is 7.13. The van der Waals surface area contributed by atoms with Crippen molar-refractivity contribution in [3.05, 3.63) is 29.3 Å². The van der Waals surface area contributed by atoms with E-state index in [1.165, 1.54) is 0 Å². The topological polar surface area (TPSA) is 50.1 Å². The third kappa shape index (κ3) is 3.28. The zero-order valence-corrected chi connectivity index (χ0v) is 10.1. The Labute approximate surface area is 99.4 Å². The maximum atomic E-state index is 11.5. The second kappa shape index (κ2) is 6.19.